The van der Waals surface area contributed by atoms with E-state index >= 15 is 0 Å². The summed E-state index contributed by atoms with van der Waals surface area (Å²) in [6.07, 6.45) is 0. The molecular weight excluding hydrogens is 416 g/mol. The van der Waals surface area contributed by atoms with Gasteiger partial charge in [-0.3, -0.25) is 14.4 Å². The van der Waals surface area contributed by atoms with Gasteiger partial charge in [0.25, 0.3) is 5.91 Å². The number of nitrogens with zero attached hydrogens (tertiary/aromatic N) is 2. The van der Waals surface area contributed by atoms with Crippen LogP contribution in [-0.2, 0) is 22.7 Å². The minimum Gasteiger partial charge on any atom is -0.350 e. The number of carbonyl (C=O) groups is 3. The molecule has 31 heavy (non-hydrogen) atoms. The second kappa shape index (κ2) is 8.07. The maximum atomic E-state index is 13.0. The van der Waals surface area contributed by atoms with Crippen LogP contribution < -0.4 is 10.6 Å². The van der Waals surface area contributed by atoms with E-state index in [1.807, 2.05) is 47.0 Å². The van der Waals surface area contributed by atoms with Gasteiger partial charge in [-0.15, -0.1) is 0 Å². The average molecular weight is 439 g/mol. The number of carbonyl (C=O) groups excluding carboxylic acids is 3. The number of hydrogen-bond donors (Lipinski definition) is 2. The molecule has 1 atom stereocenters. The standard InChI is InChI=1S/C23H23ClN4O3/c1-23(22(31)26-13-20(29)25-12-15-7-9-17(24)10-8-15)14-28-18-6-4-3-5-16(18)11-19(28)21(30)27(23)2/h3-11H,12-14H2,1-2H3,(H,25,29)(H,26,31)/t23-/m0/s1. The molecule has 160 valence electrons. The molecule has 2 N–H and O–H groups in total. The molecule has 0 saturated carbocycles. The molecule has 3 amide bonds. The third-order valence-electron chi connectivity index (χ3n) is 5.84. The van der Waals surface area contributed by atoms with Crippen molar-refractivity contribution in [3.8, 4) is 0 Å². The van der Waals surface area contributed by atoms with Crippen LogP contribution in [0.25, 0.3) is 10.9 Å². The van der Waals surface area contributed by atoms with Crippen LogP contribution in [0.4, 0.5) is 0 Å². The van der Waals surface area contributed by atoms with Crippen LogP contribution in [0.1, 0.15) is 23.0 Å². The van der Waals surface area contributed by atoms with E-state index in [4.69, 9.17) is 11.6 Å². The van der Waals surface area contributed by atoms with E-state index in [-0.39, 0.29) is 24.3 Å². The van der Waals surface area contributed by atoms with Crippen LogP contribution in [0, 0.1) is 0 Å². The summed E-state index contributed by atoms with van der Waals surface area (Å²) in [4.78, 5) is 39.7. The molecule has 1 aromatic heterocycles. The van der Waals surface area contributed by atoms with Crippen molar-refractivity contribution >= 4 is 40.2 Å². The van der Waals surface area contributed by atoms with Crippen LogP contribution >= 0.6 is 11.6 Å². The van der Waals surface area contributed by atoms with Gasteiger partial charge < -0.3 is 20.1 Å². The Balaban J connectivity index is 1.43. The van der Waals surface area contributed by atoms with E-state index in [1.54, 1.807) is 26.1 Å². The Morgan fingerprint density at radius 1 is 1.10 bits per heavy atom. The van der Waals surface area contributed by atoms with E-state index in [1.165, 1.54) is 4.90 Å². The Labute approximate surface area is 185 Å². The van der Waals surface area contributed by atoms with Crippen molar-refractivity contribution in [2.45, 2.75) is 25.6 Å². The molecule has 7 nitrogen and oxygen atoms in total. The summed E-state index contributed by atoms with van der Waals surface area (Å²) in [5.41, 5.74) is 1.23. The molecule has 8 heteroatoms. The molecule has 1 aliphatic rings. The third kappa shape index (κ3) is 3.88. The number of amides is 3. The second-order valence-corrected chi connectivity index (χ2v) is 8.33. The smallest absolute Gasteiger partial charge is 0.271 e. The molecule has 0 bridgehead atoms. The lowest BCUT2D eigenvalue weighted by atomic mass is 9.95. The van der Waals surface area contributed by atoms with Gasteiger partial charge in [0.15, 0.2) is 0 Å². The van der Waals surface area contributed by atoms with E-state index in [0.29, 0.717) is 23.8 Å². The van der Waals surface area contributed by atoms with Gasteiger partial charge in [-0.25, -0.2) is 0 Å². The van der Waals surface area contributed by atoms with Gasteiger partial charge in [0.1, 0.15) is 11.2 Å². The number of likely N-dealkylation sites (N-methyl/N-ethyl adjacent to an activating group) is 1. The summed E-state index contributed by atoms with van der Waals surface area (Å²) < 4.78 is 1.87. The van der Waals surface area contributed by atoms with Gasteiger partial charge in [0, 0.05) is 29.5 Å². The monoisotopic (exact) mass is 438 g/mol. The summed E-state index contributed by atoms with van der Waals surface area (Å²) in [5.74, 6) is -0.926. The molecule has 0 saturated heterocycles. The number of rotatable bonds is 5. The normalized spacial score (nSPS) is 18.0. The van der Waals surface area contributed by atoms with E-state index in [2.05, 4.69) is 10.6 Å². The van der Waals surface area contributed by atoms with Crippen LogP contribution in [0.15, 0.2) is 54.6 Å². The van der Waals surface area contributed by atoms with Crippen molar-refractivity contribution in [2.24, 2.45) is 0 Å². The molecular formula is C23H23ClN4O3. The first-order chi connectivity index (χ1) is 14.8. The fourth-order valence-corrected chi connectivity index (χ4v) is 3.93. The van der Waals surface area contributed by atoms with Crippen molar-refractivity contribution in [2.75, 3.05) is 13.6 Å². The maximum Gasteiger partial charge on any atom is 0.271 e. The number of para-hydroxylation sites is 1. The highest BCUT2D eigenvalue weighted by Gasteiger charge is 2.45. The maximum absolute atomic E-state index is 13.0. The number of nitrogens with one attached hydrogen (secondary N) is 2. The largest absolute Gasteiger partial charge is 0.350 e. The fraction of sp³-hybridized carbons (Fsp3) is 0.261. The van der Waals surface area contributed by atoms with Crippen molar-refractivity contribution < 1.29 is 14.4 Å². The first kappa shape index (κ1) is 20.9. The lowest BCUT2D eigenvalue weighted by Crippen LogP contribution is -2.63. The highest BCUT2D eigenvalue weighted by molar-refractivity contribution is 6.30. The summed E-state index contributed by atoms with van der Waals surface area (Å²) in [5, 5.41) is 7.02. The molecule has 0 spiro atoms. The van der Waals surface area contributed by atoms with Crippen molar-refractivity contribution in [1.29, 1.82) is 0 Å². The number of benzene rings is 2. The van der Waals surface area contributed by atoms with Gasteiger partial charge >= 0.3 is 0 Å². The molecule has 1 aliphatic heterocycles. The van der Waals surface area contributed by atoms with Gasteiger partial charge in [0.2, 0.25) is 11.8 Å². The number of fused-ring (bicyclic) bond motifs is 3. The molecule has 0 radical (unpaired) electrons. The first-order valence-electron chi connectivity index (χ1n) is 9.95. The fourth-order valence-electron chi connectivity index (χ4n) is 3.81. The van der Waals surface area contributed by atoms with Gasteiger partial charge in [0.05, 0.1) is 13.1 Å². The SMILES string of the molecule is CN1C(=O)c2cc3ccccc3n2C[C@@]1(C)C(=O)NCC(=O)NCc1ccc(Cl)cc1. The average Bonchev–Trinajstić information content (AvgIpc) is 3.14. The predicted octanol–water partition coefficient (Wildman–Crippen LogP) is 2.57. The summed E-state index contributed by atoms with van der Waals surface area (Å²) in [6, 6.07) is 16.7. The summed E-state index contributed by atoms with van der Waals surface area (Å²) in [7, 11) is 1.61. The minimum atomic E-state index is -1.12. The van der Waals surface area contributed by atoms with Gasteiger partial charge in [-0.2, -0.15) is 0 Å². The number of hydrogen-bond acceptors (Lipinski definition) is 3. The lowest BCUT2D eigenvalue weighted by molar-refractivity contribution is -0.134. The minimum absolute atomic E-state index is 0.177. The molecule has 2 aromatic carbocycles. The Kier molecular flexibility index (Phi) is 5.45. The summed E-state index contributed by atoms with van der Waals surface area (Å²) in [6.45, 7) is 2.17. The van der Waals surface area contributed by atoms with E-state index in [0.717, 1.165) is 16.5 Å². The lowest BCUT2D eigenvalue weighted by Gasteiger charge is -2.41. The van der Waals surface area contributed by atoms with Crippen LogP contribution in [0.2, 0.25) is 5.02 Å². The van der Waals surface area contributed by atoms with Crippen molar-refractivity contribution in [3.63, 3.8) is 0 Å². The molecule has 0 fully saturated rings. The van der Waals surface area contributed by atoms with E-state index in [9.17, 15) is 14.4 Å². The van der Waals surface area contributed by atoms with Crippen LogP contribution in [-0.4, -0.2) is 46.3 Å². The topological polar surface area (TPSA) is 83.4 Å². The predicted molar refractivity (Wildman–Crippen MR) is 119 cm³/mol. The Morgan fingerprint density at radius 2 is 1.81 bits per heavy atom. The molecule has 3 aromatic rings. The number of halogens is 1. The highest BCUT2D eigenvalue weighted by atomic mass is 35.5. The summed E-state index contributed by atoms with van der Waals surface area (Å²) >= 11 is 5.86. The molecule has 2 heterocycles. The quantitative estimate of drug-likeness (QED) is 0.642. The number of aromatic nitrogens is 1. The van der Waals surface area contributed by atoms with Crippen LogP contribution in [0.3, 0.4) is 0 Å². The van der Waals surface area contributed by atoms with E-state index < -0.39 is 5.54 Å². The molecule has 0 unspecified atom stereocenters. The van der Waals surface area contributed by atoms with Crippen molar-refractivity contribution in [3.05, 3.63) is 70.9 Å². The third-order valence-corrected chi connectivity index (χ3v) is 6.09. The van der Waals surface area contributed by atoms with Crippen molar-refractivity contribution in [1.82, 2.24) is 20.1 Å². The highest BCUT2D eigenvalue weighted by Crippen LogP contribution is 2.31. The van der Waals surface area contributed by atoms with Gasteiger partial charge in [-0.1, -0.05) is 41.9 Å². The Morgan fingerprint density at radius 3 is 2.55 bits per heavy atom. The molecule has 4 rings (SSSR count). The zero-order valence-corrected chi connectivity index (χ0v) is 18.1. The second-order valence-electron chi connectivity index (χ2n) is 7.90. The van der Waals surface area contributed by atoms with Gasteiger partial charge in [-0.05, 0) is 36.8 Å². The van der Waals surface area contributed by atoms with Crippen LogP contribution in [0.5, 0.6) is 0 Å². The zero-order chi connectivity index (χ0) is 22.2. The molecule has 0 aliphatic carbocycles. The Hall–Kier alpha value is -3.32. The Bertz CT molecular complexity index is 1170. The first-order valence-corrected chi connectivity index (χ1v) is 10.3. The zero-order valence-electron chi connectivity index (χ0n) is 17.3.